The summed E-state index contributed by atoms with van der Waals surface area (Å²) in [5.41, 5.74) is 3.49. The number of aromatic nitrogens is 2. The Hall–Kier alpha value is -3.35. The minimum atomic E-state index is -0.503. The monoisotopic (exact) mass is 351 g/mol. The number of oxime groups is 1. The van der Waals surface area contributed by atoms with E-state index in [9.17, 15) is 4.79 Å². The molecule has 0 saturated carbocycles. The number of benzene rings is 2. The van der Waals surface area contributed by atoms with Crippen LogP contribution in [0.5, 0.6) is 5.75 Å². The van der Waals surface area contributed by atoms with Crippen molar-refractivity contribution in [1.29, 1.82) is 0 Å². The van der Waals surface area contributed by atoms with Gasteiger partial charge in [0.25, 0.3) is 0 Å². The van der Waals surface area contributed by atoms with Gasteiger partial charge >= 0.3 is 5.76 Å². The first-order valence-electron chi connectivity index (χ1n) is 8.18. The Morgan fingerprint density at radius 3 is 2.46 bits per heavy atom. The van der Waals surface area contributed by atoms with Crippen molar-refractivity contribution in [1.82, 2.24) is 9.78 Å². The fraction of sp³-hybridized carbons (Fsp3) is 0.211. The summed E-state index contributed by atoms with van der Waals surface area (Å²) in [5, 5.41) is 8.26. The van der Waals surface area contributed by atoms with Crippen molar-refractivity contribution in [3.8, 4) is 11.4 Å². The second-order valence-corrected chi connectivity index (χ2v) is 5.95. The Morgan fingerprint density at radius 1 is 1.12 bits per heavy atom. The van der Waals surface area contributed by atoms with Gasteiger partial charge in [-0.25, -0.2) is 4.79 Å². The summed E-state index contributed by atoms with van der Waals surface area (Å²) in [6, 6.07) is 15.2. The lowest BCUT2D eigenvalue weighted by molar-refractivity contribution is 0.0857. The number of hydrogen-bond donors (Lipinski definition) is 0. The third kappa shape index (κ3) is 2.99. The lowest BCUT2D eigenvalue weighted by Crippen LogP contribution is -2.13. The van der Waals surface area contributed by atoms with Crippen LogP contribution < -0.4 is 10.5 Å². The highest BCUT2D eigenvalue weighted by atomic mass is 16.6. The molecule has 0 spiro atoms. The molecule has 4 rings (SSSR count). The summed E-state index contributed by atoms with van der Waals surface area (Å²) in [6.45, 7) is 1.64. The molecular formula is C19H17N3O4. The molecule has 0 radical (unpaired) electrons. The zero-order chi connectivity index (χ0) is 18.1. The first kappa shape index (κ1) is 16.1. The Bertz CT molecular complexity index is 1000. The standard InChI is InChI=1S/C19H17N3O4/c1-12-20-22(19(23)25-12)15-7-3-13(4-8-15)17-11-18(26-21-17)14-5-9-16(24-2)10-6-14/h3-10,18H,11H2,1-2H3. The molecule has 0 bridgehead atoms. The van der Waals surface area contributed by atoms with E-state index in [-0.39, 0.29) is 6.10 Å². The van der Waals surface area contributed by atoms with Gasteiger partial charge in [0.2, 0.25) is 5.89 Å². The van der Waals surface area contributed by atoms with Gasteiger partial charge < -0.3 is 14.0 Å². The topological polar surface area (TPSA) is 78.9 Å². The number of aryl methyl sites for hydroxylation is 1. The van der Waals surface area contributed by atoms with Gasteiger partial charge in [0.05, 0.1) is 18.5 Å². The third-order valence-corrected chi connectivity index (χ3v) is 4.25. The highest BCUT2D eigenvalue weighted by Gasteiger charge is 2.24. The van der Waals surface area contributed by atoms with Crippen molar-refractivity contribution in [3.63, 3.8) is 0 Å². The van der Waals surface area contributed by atoms with Crippen LogP contribution in [0.25, 0.3) is 5.69 Å². The molecule has 132 valence electrons. The second-order valence-electron chi connectivity index (χ2n) is 5.95. The summed E-state index contributed by atoms with van der Waals surface area (Å²) < 4.78 is 11.3. The lowest BCUT2D eigenvalue weighted by Gasteiger charge is -2.09. The van der Waals surface area contributed by atoms with Crippen molar-refractivity contribution in [2.24, 2.45) is 5.16 Å². The fourth-order valence-electron chi connectivity index (χ4n) is 2.88. The minimum Gasteiger partial charge on any atom is -0.497 e. The molecule has 1 aliphatic heterocycles. The predicted octanol–water partition coefficient (Wildman–Crippen LogP) is 3.01. The molecule has 0 N–H and O–H groups in total. The molecule has 1 aromatic heterocycles. The highest BCUT2D eigenvalue weighted by Crippen LogP contribution is 2.30. The van der Waals surface area contributed by atoms with E-state index in [1.165, 1.54) is 4.68 Å². The van der Waals surface area contributed by atoms with Crippen LogP contribution in [0.2, 0.25) is 0 Å². The fourth-order valence-corrected chi connectivity index (χ4v) is 2.88. The Kier molecular flexibility index (Phi) is 4.04. The largest absolute Gasteiger partial charge is 0.497 e. The lowest BCUT2D eigenvalue weighted by atomic mass is 10.00. The van der Waals surface area contributed by atoms with Crippen LogP contribution in [0.15, 0.2) is 62.9 Å². The third-order valence-electron chi connectivity index (χ3n) is 4.25. The molecular weight excluding hydrogens is 334 g/mol. The summed E-state index contributed by atoms with van der Waals surface area (Å²) in [7, 11) is 1.64. The van der Waals surface area contributed by atoms with Gasteiger partial charge in [-0.3, -0.25) is 0 Å². The van der Waals surface area contributed by atoms with E-state index in [4.69, 9.17) is 14.0 Å². The molecule has 7 heteroatoms. The van der Waals surface area contributed by atoms with Crippen molar-refractivity contribution in [2.45, 2.75) is 19.4 Å². The molecule has 0 aliphatic carbocycles. The molecule has 1 aliphatic rings. The average Bonchev–Trinajstić information content (AvgIpc) is 3.28. The van der Waals surface area contributed by atoms with Crippen LogP contribution in [0.1, 0.15) is 29.5 Å². The van der Waals surface area contributed by atoms with Gasteiger partial charge in [0.15, 0.2) is 6.10 Å². The normalized spacial score (nSPS) is 16.2. The number of methoxy groups -OCH3 is 1. The smallest absolute Gasteiger partial charge is 0.441 e. The van der Waals surface area contributed by atoms with Crippen LogP contribution in [-0.2, 0) is 4.84 Å². The molecule has 3 aromatic rings. The highest BCUT2D eigenvalue weighted by molar-refractivity contribution is 6.01. The number of nitrogens with zero attached hydrogens (tertiary/aromatic N) is 3. The second kappa shape index (κ2) is 6.51. The Labute approximate surface area is 149 Å². The number of hydrogen-bond acceptors (Lipinski definition) is 6. The van der Waals surface area contributed by atoms with E-state index in [1.807, 2.05) is 48.5 Å². The molecule has 0 fully saturated rings. The number of ether oxygens (including phenoxy) is 1. The Morgan fingerprint density at radius 2 is 1.85 bits per heavy atom. The van der Waals surface area contributed by atoms with Gasteiger partial charge in [-0.2, -0.15) is 4.68 Å². The first-order valence-corrected chi connectivity index (χ1v) is 8.18. The summed E-state index contributed by atoms with van der Waals surface area (Å²) in [5.74, 6) is 0.633. The van der Waals surface area contributed by atoms with E-state index in [0.29, 0.717) is 18.0 Å². The van der Waals surface area contributed by atoms with Gasteiger partial charge in [0.1, 0.15) is 5.75 Å². The number of rotatable bonds is 4. The van der Waals surface area contributed by atoms with Gasteiger partial charge in [-0.05, 0) is 35.4 Å². The van der Waals surface area contributed by atoms with E-state index < -0.39 is 5.76 Å². The van der Waals surface area contributed by atoms with Gasteiger partial charge in [0, 0.05) is 13.3 Å². The zero-order valence-electron chi connectivity index (χ0n) is 14.4. The van der Waals surface area contributed by atoms with Gasteiger partial charge in [-0.1, -0.05) is 29.4 Å². The van der Waals surface area contributed by atoms with Crippen LogP contribution >= 0.6 is 0 Å². The van der Waals surface area contributed by atoms with E-state index in [2.05, 4.69) is 10.3 Å². The first-order chi connectivity index (χ1) is 12.6. The quantitative estimate of drug-likeness (QED) is 0.722. The van der Waals surface area contributed by atoms with Crippen molar-refractivity contribution in [2.75, 3.05) is 7.11 Å². The average molecular weight is 351 g/mol. The molecule has 26 heavy (non-hydrogen) atoms. The SMILES string of the molecule is COc1ccc(C2CC(c3ccc(-n4nc(C)oc4=O)cc3)=NO2)cc1. The zero-order valence-corrected chi connectivity index (χ0v) is 14.4. The summed E-state index contributed by atoms with van der Waals surface area (Å²) in [4.78, 5) is 17.3. The van der Waals surface area contributed by atoms with E-state index in [0.717, 1.165) is 22.6 Å². The molecule has 0 amide bonds. The summed E-state index contributed by atoms with van der Waals surface area (Å²) >= 11 is 0. The van der Waals surface area contributed by atoms with Crippen LogP contribution in [0.4, 0.5) is 0 Å². The molecule has 2 heterocycles. The van der Waals surface area contributed by atoms with Crippen LogP contribution in [-0.4, -0.2) is 22.6 Å². The maximum Gasteiger partial charge on any atom is 0.441 e. The van der Waals surface area contributed by atoms with E-state index in [1.54, 1.807) is 14.0 Å². The van der Waals surface area contributed by atoms with E-state index >= 15 is 0 Å². The minimum absolute atomic E-state index is 0.114. The van der Waals surface area contributed by atoms with Crippen molar-refractivity contribution < 1.29 is 14.0 Å². The van der Waals surface area contributed by atoms with Crippen LogP contribution in [0, 0.1) is 6.92 Å². The van der Waals surface area contributed by atoms with Crippen molar-refractivity contribution in [3.05, 3.63) is 76.1 Å². The molecule has 2 aromatic carbocycles. The maximum absolute atomic E-state index is 11.7. The Balaban J connectivity index is 1.50. The molecule has 0 saturated heterocycles. The molecule has 1 atom stereocenters. The predicted molar refractivity (Wildman–Crippen MR) is 94.8 cm³/mol. The van der Waals surface area contributed by atoms with Gasteiger partial charge in [-0.15, -0.1) is 5.10 Å². The maximum atomic E-state index is 11.7. The summed E-state index contributed by atoms with van der Waals surface area (Å²) in [6.07, 6.45) is 0.561. The van der Waals surface area contributed by atoms with Crippen LogP contribution in [0.3, 0.4) is 0 Å². The molecule has 7 nitrogen and oxygen atoms in total. The molecule has 1 unspecified atom stereocenters. The van der Waals surface area contributed by atoms with Crippen molar-refractivity contribution >= 4 is 5.71 Å².